The molecule has 0 aliphatic rings. The molecule has 21 heavy (non-hydrogen) atoms. The van der Waals surface area contributed by atoms with Gasteiger partial charge in [-0.1, -0.05) is 36.4 Å². The van der Waals surface area contributed by atoms with Crippen molar-refractivity contribution in [1.29, 1.82) is 0 Å². The molecule has 0 radical (unpaired) electrons. The molecule has 0 atom stereocenters. The van der Waals surface area contributed by atoms with Gasteiger partial charge in [0, 0.05) is 11.1 Å². The number of aromatic nitrogens is 1. The number of aromatic carboxylic acids is 1. The van der Waals surface area contributed by atoms with Crippen molar-refractivity contribution in [2.75, 3.05) is 11.1 Å². The quantitative estimate of drug-likeness (QED) is 0.685. The lowest BCUT2D eigenvalue weighted by molar-refractivity contribution is 0.0690. The predicted molar refractivity (Wildman–Crippen MR) is 82.8 cm³/mol. The van der Waals surface area contributed by atoms with E-state index in [1.165, 1.54) is 12.1 Å². The molecular formula is C16H13N3O2. The molecule has 0 spiro atoms. The molecule has 1 aromatic heterocycles. The highest BCUT2D eigenvalue weighted by Crippen LogP contribution is 2.27. The molecule has 4 N–H and O–H groups in total. The molecule has 0 aliphatic carbocycles. The van der Waals surface area contributed by atoms with Crippen LogP contribution in [0.2, 0.25) is 0 Å². The number of pyridine rings is 1. The van der Waals surface area contributed by atoms with E-state index in [0.29, 0.717) is 11.5 Å². The number of fused-ring (bicyclic) bond motifs is 1. The molecule has 0 amide bonds. The maximum Gasteiger partial charge on any atom is 0.354 e. The average Bonchev–Trinajstić information content (AvgIpc) is 2.49. The molecule has 0 bridgehead atoms. The molecule has 5 heteroatoms. The van der Waals surface area contributed by atoms with Gasteiger partial charge in [0.2, 0.25) is 0 Å². The number of nitrogens with one attached hydrogen (secondary N) is 1. The van der Waals surface area contributed by atoms with Gasteiger partial charge >= 0.3 is 5.97 Å². The Morgan fingerprint density at radius 3 is 2.62 bits per heavy atom. The number of nitrogen functional groups attached to an aromatic ring is 1. The zero-order valence-electron chi connectivity index (χ0n) is 11.1. The van der Waals surface area contributed by atoms with Crippen LogP contribution < -0.4 is 11.1 Å². The van der Waals surface area contributed by atoms with E-state index in [-0.39, 0.29) is 5.69 Å². The van der Waals surface area contributed by atoms with E-state index in [4.69, 9.17) is 10.8 Å². The summed E-state index contributed by atoms with van der Waals surface area (Å²) in [6, 6.07) is 16.6. The Morgan fingerprint density at radius 1 is 1.05 bits per heavy atom. The van der Waals surface area contributed by atoms with Crippen molar-refractivity contribution < 1.29 is 9.90 Å². The molecule has 3 rings (SSSR count). The third kappa shape index (κ3) is 2.49. The van der Waals surface area contributed by atoms with E-state index in [9.17, 15) is 4.79 Å². The predicted octanol–water partition coefficient (Wildman–Crippen LogP) is 3.26. The number of anilines is 3. The van der Waals surface area contributed by atoms with E-state index < -0.39 is 5.97 Å². The number of rotatable bonds is 3. The average molecular weight is 279 g/mol. The van der Waals surface area contributed by atoms with Gasteiger partial charge in [-0.3, -0.25) is 0 Å². The highest BCUT2D eigenvalue weighted by atomic mass is 16.4. The van der Waals surface area contributed by atoms with Crippen LogP contribution >= 0.6 is 0 Å². The van der Waals surface area contributed by atoms with E-state index in [1.807, 2.05) is 42.5 Å². The van der Waals surface area contributed by atoms with Crippen molar-refractivity contribution >= 4 is 33.9 Å². The van der Waals surface area contributed by atoms with Gasteiger partial charge in [-0.2, -0.15) is 0 Å². The highest BCUT2D eigenvalue weighted by Gasteiger charge is 2.10. The number of hydrogen-bond donors (Lipinski definition) is 3. The Hall–Kier alpha value is -3.08. The number of carboxylic acid groups (broad SMARTS) is 1. The fourth-order valence-electron chi connectivity index (χ4n) is 2.15. The van der Waals surface area contributed by atoms with Gasteiger partial charge in [-0.15, -0.1) is 0 Å². The molecular weight excluding hydrogens is 266 g/mol. The van der Waals surface area contributed by atoms with Crippen LogP contribution in [0, 0.1) is 0 Å². The molecule has 0 fully saturated rings. The summed E-state index contributed by atoms with van der Waals surface area (Å²) in [6.07, 6.45) is 0. The smallest absolute Gasteiger partial charge is 0.354 e. The number of benzene rings is 2. The maximum absolute atomic E-state index is 11.0. The SMILES string of the molecule is Nc1ccc(C(=O)O)nc1Nc1cccc2ccccc12. The minimum Gasteiger partial charge on any atom is -0.477 e. The summed E-state index contributed by atoms with van der Waals surface area (Å²) >= 11 is 0. The summed E-state index contributed by atoms with van der Waals surface area (Å²) in [5.74, 6) is -0.748. The topological polar surface area (TPSA) is 88.2 Å². The van der Waals surface area contributed by atoms with Crippen molar-refractivity contribution in [3.8, 4) is 0 Å². The minimum atomic E-state index is -1.09. The lowest BCUT2D eigenvalue weighted by atomic mass is 10.1. The van der Waals surface area contributed by atoms with Gasteiger partial charge in [0.1, 0.15) is 0 Å². The Labute approximate surface area is 121 Å². The first-order valence-corrected chi connectivity index (χ1v) is 6.40. The fourth-order valence-corrected chi connectivity index (χ4v) is 2.15. The van der Waals surface area contributed by atoms with Crippen molar-refractivity contribution in [3.05, 3.63) is 60.3 Å². The second-order valence-corrected chi connectivity index (χ2v) is 4.59. The van der Waals surface area contributed by atoms with E-state index >= 15 is 0 Å². The molecule has 3 aromatic rings. The molecule has 104 valence electrons. The molecule has 1 heterocycles. The summed E-state index contributed by atoms with van der Waals surface area (Å²) in [4.78, 5) is 15.0. The van der Waals surface area contributed by atoms with Crippen LogP contribution in [0.25, 0.3) is 10.8 Å². The lowest BCUT2D eigenvalue weighted by Crippen LogP contribution is -2.06. The normalized spacial score (nSPS) is 10.5. The van der Waals surface area contributed by atoms with Crippen LogP contribution in [0.15, 0.2) is 54.6 Å². The summed E-state index contributed by atoms with van der Waals surface area (Å²) in [6.45, 7) is 0. The highest BCUT2D eigenvalue weighted by molar-refractivity contribution is 5.96. The summed E-state index contributed by atoms with van der Waals surface area (Å²) < 4.78 is 0. The standard InChI is InChI=1S/C16H13N3O2/c17-12-8-9-14(16(20)21)19-15(12)18-13-7-3-5-10-4-1-2-6-11(10)13/h1-9H,17H2,(H,18,19)(H,20,21). The van der Waals surface area contributed by atoms with Crippen LogP contribution in [-0.4, -0.2) is 16.1 Å². The molecule has 5 nitrogen and oxygen atoms in total. The van der Waals surface area contributed by atoms with Crippen LogP contribution in [0.4, 0.5) is 17.2 Å². The summed E-state index contributed by atoms with van der Waals surface area (Å²) in [5.41, 5.74) is 7.04. The van der Waals surface area contributed by atoms with E-state index in [1.54, 1.807) is 0 Å². The monoisotopic (exact) mass is 279 g/mol. The van der Waals surface area contributed by atoms with Gasteiger partial charge in [0.15, 0.2) is 11.5 Å². The molecule has 2 aromatic carbocycles. The number of carbonyl (C=O) groups is 1. The van der Waals surface area contributed by atoms with Crippen molar-refractivity contribution in [2.24, 2.45) is 0 Å². The Morgan fingerprint density at radius 2 is 1.81 bits per heavy atom. The molecule has 0 unspecified atom stereocenters. The first-order chi connectivity index (χ1) is 10.1. The van der Waals surface area contributed by atoms with Gasteiger partial charge in [-0.05, 0) is 23.6 Å². The van der Waals surface area contributed by atoms with Crippen LogP contribution in [0.1, 0.15) is 10.5 Å². The fraction of sp³-hybridized carbons (Fsp3) is 0. The molecule has 0 aliphatic heterocycles. The third-order valence-electron chi connectivity index (χ3n) is 3.19. The van der Waals surface area contributed by atoms with Gasteiger partial charge in [0.25, 0.3) is 0 Å². The Kier molecular flexibility index (Phi) is 3.16. The summed E-state index contributed by atoms with van der Waals surface area (Å²) in [7, 11) is 0. The minimum absolute atomic E-state index is 0.0491. The number of nitrogens with two attached hydrogens (primary N) is 1. The van der Waals surface area contributed by atoms with Gasteiger partial charge in [0.05, 0.1) is 5.69 Å². The molecule has 0 saturated carbocycles. The van der Waals surface area contributed by atoms with E-state index in [2.05, 4.69) is 10.3 Å². The number of nitrogens with zero attached hydrogens (tertiary/aromatic N) is 1. The maximum atomic E-state index is 11.0. The zero-order chi connectivity index (χ0) is 14.8. The zero-order valence-corrected chi connectivity index (χ0v) is 11.1. The Balaban J connectivity index is 2.06. The van der Waals surface area contributed by atoms with Crippen LogP contribution in [-0.2, 0) is 0 Å². The Bertz CT molecular complexity index is 825. The van der Waals surface area contributed by atoms with Crippen LogP contribution in [0.5, 0.6) is 0 Å². The second kappa shape index (κ2) is 5.13. The second-order valence-electron chi connectivity index (χ2n) is 4.59. The summed E-state index contributed by atoms with van der Waals surface area (Å²) in [5, 5.41) is 14.2. The number of hydrogen-bond acceptors (Lipinski definition) is 4. The van der Waals surface area contributed by atoms with Gasteiger partial charge < -0.3 is 16.2 Å². The van der Waals surface area contributed by atoms with Crippen molar-refractivity contribution in [3.63, 3.8) is 0 Å². The largest absolute Gasteiger partial charge is 0.477 e. The van der Waals surface area contributed by atoms with Crippen molar-refractivity contribution in [1.82, 2.24) is 4.98 Å². The van der Waals surface area contributed by atoms with E-state index in [0.717, 1.165) is 16.5 Å². The lowest BCUT2D eigenvalue weighted by Gasteiger charge is -2.11. The molecule has 0 saturated heterocycles. The first kappa shape index (κ1) is 12.9. The van der Waals surface area contributed by atoms with Gasteiger partial charge in [-0.25, -0.2) is 9.78 Å². The first-order valence-electron chi connectivity index (χ1n) is 6.40. The van der Waals surface area contributed by atoms with Crippen LogP contribution in [0.3, 0.4) is 0 Å². The third-order valence-corrected chi connectivity index (χ3v) is 3.19. The number of carboxylic acids is 1. The van der Waals surface area contributed by atoms with Crippen molar-refractivity contribution in [2.45, 2.75) is 0 Å².